The molecule has 142 valence electrons. The average Bonchev–Trinajstić information content (AvgIpc) is 3.33. The van der Waals surface area contributed by atoms with Gasteiger partial charge in [-0.2, -0.15) is 5.10 Å². The number of anilines is 1. The number of H-pyrrole nitrogens is 2. The molecule has 9 heteroatoms. The zero-order chi connectivity index (χ0) is 19.5. The lowest BCUT2D eigenvalue weighted by Gasteiger charge is -2.07. The van der Waals surface area contributed by atoms with E-state index in [2.05, 4.69) is 25.5 Å². The Balaban J connectivity index is 1.49. The number of para-hydroxylation sites is 2. The van der Waals surface area contributed by atoms with Gasteiger partial charge in [0.15, 0.2) is 23.2 Å². The highest BCUT2D eigenvalue weighted by molar-refractivity contribution is 6.04. The molecule has 0 bridgehead atoms. The Labute approximate surface area is 158 Å². The van der Waals surface area contributed by atoms with Gasteiger partial charge in [0, 0.05) is 11.6 Å². The molecule has 0 aliphatic rings. The predicted octanol–water partition coefficient (Wildman–Crippen LogP) is 2.72. The fourth-order valence-corrected chi connectivity index (χ4v) is 2.69. The predicted molar refractivity (Wildman–Crippen MR) is 101 cm³/mol. The molecule has 0 spiro atoms. The first-order valence-corrected chi connectivity index (χ1v) is 8.49. The Hall–Kier alpha value is -3.72. The number of nitrogens with zero attached hydrogens (tertiary/aromatic N) is 2. The SMILES string of the molecule is O=C(Nc1cc(-c2nc3ccccc3[nH]2)[nH]n1)c1ccc(OCCO)c(F)c1. The van der Waals surface area contributed by atoms with Gasteiger partial charge in [0.1, 0.15) is 12.3 Å². The topological polar surface area (TPSA) is 116 Å². The van der Waals surface area contributed by atoms with Crippen molar-refractivity contribution < 1.29 is 19.0 Å². The second kappa shape index (κ2) is 7.49. The van der Waals surface area contributed by atoms with Gasteiger partial charge in [-0.05, 0) is 30.3 Å². The first-order valence-electron chi connectivity index (χ1n) is 8.49. The van der Waals surface area contributed by atoms with Crippen molar-refractivity contribution in [3.63, 3.8) is 0 Å². The van der Waals surface area contributed by atoms with Crippen molar-refractivity contribution in [2.75, 3.05) is 18.5 Å². The summed E-state index contributed by atoms with van der Waals surface area (Å²) in [6.07, 6.45) is 0. The maximum Gasteiger partial charge on any atom is 0.256 e. The first-order chi connectivity index (χ1) is 13.6. The van der Waals surface area contributed by atoms with Crippen LogP contribution in [0.2, 0.25) is 0 Å². The number of rotatable bonds is 6. The number of aromatic nitrogens is 4. The summed E-state index contributed by atoms with van der Waals surface area (Å²) >= 11 is 0. The number of aliphatic hydroxyl groups excluding tert-OH is 1. The molecule has 0 unspecified atom stereocenters. The van der Waals surface area contributed by atoms with E-state index < -0.39 is 11.7 Å². The van der Waals surface area contributed by atoms with Crippen molar-refractivity contribution in [1.82, 2.24) is 20.2 Å². The van der Waals surface area contributed by atoms with E-state index in [1.807, 2.05) is 24.3 Å². The van der Waals surface area contributed by atoms with Gasteiger partial charge in [-0.3, -0.25) is 9.89 Å². The van der Waals surface area contributed by atoms with Crippen LogP contribution < -0.4 is 10.1 Å². The maximum absolute atomic E-state index is 14.0. The number of imidazole rings is 1. The lowest BCUT2D eigenvalue weighted by Crippen LogP contribution is -2.13. The molecule has 0 aliphatic heterocycles. The third kappa shape index (κ3) is 3.55. The van der Waals surface area contributed by atoms with Gasteiger partial charge in [0.25, 0.3) is 5.91 Å². The van der Waals surface area contributed by atoms with Crippen molar-refractivity contribution in [1.29, 1.82) is 0 Å². The standard InChI is InChI=1S/C19H16FN5O3/c20-12-9-11(5-6-16(12)28-8-7-26)19(27)23-17-10-15(24-25-17)18-21-13-3-1-2-4-14(13)22-18/h1-6,9-10,26H,7-8H2,(H,21,22)(H2,23,24,25,27). The molecule has 2 aromatic heterocycles. The Bertz CT molecular complexity index is 1100. The molecule has 8 nitrogen and oxygen atoms in total. The summed E-state index contributed by atoms with van der Waals surface area (Å²) in [6, 6.07) is 13.1. The minimum Gasteiger partial charge on any atom is -0.488 e. The summed E-state index contributed by atoms with van der Waals surface area (Å²) in [5, 5.41) is 18.2. The molecule has 4 rings (SSSR count). The Morgan fingerprint density at radius 1 is 1.21 bits per heavy atom. The lowest BCUT2D eigenvalue weighted by molar-refractivity contribution is 0.102. The number of halogens is 1. The fraction of sp³-hybridized carbons (Fsp3) is 0.105. The number of carbonyl (C=O) groups excluding carboxylic acids is 1. The molecule has 0 saturated heterocycles. The van der Waals surface area contributed by atoms with Crippen molar-refractivity contribution in [2.45, 2.75) is 0 Å². The highest BCUT2D eigenvalue weighted by atomic mass is 19.1. The molecule has 0 fully saturated rings. The number of aromatic amines is 2. The van der Waals surface area contributed by atoms with Crippen molar-refractivity contribution >= 4 is 22.8 Å². The molecular weight excluding hydrogens is 365 g/mol. The van der Waals surface area contributed by atoms with Crippen molar-refractivity contribution in [2.24, 2.45) is 0 Å². The third-order valence-electron chi connectivity index (χ3n) is 4.01. The molecule has 2 aromatic carbocycles. The monoisotopic (exact) mass is 381 g/mol. The molecular formula is C19H16FN5O3. The number of ether oxygens (including phenoxy) is 1. The molecule has 2 heterocycles. The largest absolute Gasteiger partial charge is 0.488 e. The normalized spacial score (nSPS) is 10.9. The third-order valence-corrected chi connectivity index (χ3v) is 4.01. The van der Waals surface area contributed by atoms with Gasteiger partial charge < -0.3 is 20.1 Å². The fourth-order valence-electron chi connectivity index (χ4n) is 2.69. The van der Waals surface area contributed by atoms with Gasteiger partial charge in [-0.25, -0.2) is 9.37 Å². The summed E-state index contributed by atoms with van der Waals surface area (Å²) < 4.78 is 19.0. The van der Waals surface area contributed by atoms with E-state index in [4.69, 9.17) is 9.84 Å². The summed E-state index contributed by atoms with van der Waals surface area (Å²) in [4.78, 5) is 20.0. The van der Waals surface area contributed by atoms with Gasteiger partial charge in [0.2, 0.25) is 0 Å². The number of amides is 1. The summed E-state index contributed by atoms with van der Waals surface area (Å²) in [5.41, 5.74) is 2.42. The molecule has 4 aromatic rings. The van der Waals surface area contributed by atoms with Crippen LogP contribution in [0.3, 0.4) is 0 Å². The van der Waals surface area contributed by atoms with Crippen LogP contribution in [-0.2, 0) is 0 Å². The zero-order valence-electron chi connectivity index (χ0n) is 14.6. The zero-order valence-corrected chi connectivity index (χ0v) is 14.6. The van der Waals surface area contributed by atoms with Crippen LogP contribution in [0.4, 0.5) is 10.2 Å². The van der Waals surface area contributed by atoms with Crippen molar-refractivity contribution in [3.8, 4) is 17.3 Å². The second-order valence-corrected chi connectivity index (χ2v) is 5.94. The summed E-state index contributed by atoms with van der Waals surface area (Å²) in [5.74, 6) is -0.369. The van der Waals surface area contributed by atoms with E-state index in [-0.39, 0.29) is 30.3 Å². The number of hydrogen-bond donors (Lipinski definition) is 4. The van der Waals surface area contributed by atoms with Crippen LogP contribution in [0.25, 0.3) is 22.6 Å². The lowest BCUT2D eigenvalue weighted by atomic mass is 10.2. The van der Waals surface area contributed by atoms with E-state index in [0.717, 1.165) is 17.1 Å². The number of aliphatic hydroxyl groups is 1. The van der Waals surface area contributed by atoms with E-state index in [1.165, 1.54) is 12.1 Å². The highest BCUT2D eigenvalue weighted by Crippen LogP contribution is 2.22. The number of nitrogens with one attached hydrogen (secondary N) is 3. The van der Waals surface area contributed by atoms with E-state index in [1.54, 1.807) is 6.07 Å². The molecule has 28 heavy (non-hydrogen) atoms. The molecule has 0 saturated carbocycles. The summed E-state index contributed by atoms with van der Waals surface area (Å²) in [6.45, 7) is -0.255. The Morgan fingerprint density at radius 3 is 2.86 bits per heavy atom. The van der Waals surface area contributed by atoms with Gasteiger partial charge in [0.05, 0.1) is 17.6 Å². The van der Waals surface area contributed by atoms with Crippen LogP contribution in [0.1, 0.15) is 10.4 Å². The van der Waals surface area contributed by atoms with Crippen LogP contribution in [0.5, 0.6) is 5.75 Å². The van der Waals surface area contributed by atoms with E-state index in [9.17, 15) is 9.18 Å². The highest BCUT2D eigenvalue weighted by Gasteiger charge is 2.14. The number of fused-ring (bicyclic) bond motifs is 1. The Morgan fingerprint density at radius 2 is 2.07 bits per heavy atom. The quantitative estimate of drug-likeness (QED) is 0.410. The smallest absolute Gasteiger partial charge is 0.256 e. The van der Waals surface area contributed by atoms with Crippen LogP contribution in [0.15, 0.2) is 48.5 Å². The van der Waals surface area contributed by atoms with Crippen LogP contribution >= 0.6 is 0 Å². The number of benzene rings is 2. The molecule has 4 N–H and O–H groups in total. The van der Waals surface area contributed by atoms with Crippen LogP contribution in [0, 0.1) is 5.82 Å². The minimum atomic E-state index is -0.689. The number of carbonyl (C=O) groups is 1. The average molecular weight is 381 g/mol. The van der Waals surface area contributed by atoms with Crippen molar-refractivity contribution in [3.05, 3.63) is 59.9 Å². The molecule has 0 atom stereocenters. The maximum atomic E-state index is 14.0. The summed E-state index contributed by atoms with van der Waals surface area (Å²) in [7, 11) is 0. The van der Waals surface area contributed by atoms with Gasteiger partial charge >= 0.3 is 0 Å². The molecule has 0 radical (unpaired) electrons. The molecule has 1 amide bonds. The van der Waals surface area contributed by atoms with E-state index >= 15 is 0 Å². The Kier molecular flexibility index (Phi) is 4.73. The van der Waals surface area contributed by atoms with Crippen LogP contribution in [-0.4, -0.2) is 44.4 Å². The number of hydrogen-bond acceptors (Lipinski definition) is 5. The molecule has 0 aliphatic carbocycles. The first kappa shape index (κ1) is 17.7. The second-order valence-electron chi connectivity index (χ2n) is 5.94. The van der Waals surface area contributed by atoms with Gasteiger partial charge in [-0.1, -0.05) is 12.1 Å². The minimum absolute atomic E-state index is 0.0275. The van der Waals surface area contributed by atoms with E-state index in [0.29, 0.717) is 11.5 Å². The van der Waals surface area contributed by atoms with Gasteiger partial charge in [-0.15, -0.1) is 0 Å².